The van der Waals surface area contributed by atoms with Gasteiger partial charge >= 0.3 is 0 Å². The first-order chi connectivity index (χ1) is 10.2. The lowest BCUT2D eigenvalue weighted by Crippen LogP contribution is -2.46. The predicted molar refractivity (Wildman–Crippen MR) is 87.8 cm³/mol. The van der Waals surface area contributed by atoms with Crippen LogP contribution in [0.4, 0.5) is 5.69 Å². The molecule has 0 radical (unpaired) electrons. The van der Waals surface area contributed by atoms with Gasteiger partial charge in [0.25, 0.3) is 0 Å². The Balaban J connectivity index is 1.84. The molecule has 4 nitrogen and oxygen atoms in total. The van der Waals surface area contributed by atoms with Crippen molar-refractivity contribution in [3.05, 3.63) is 29.8 Å². The molecule has 1 aliphatic rings. The van der Waals surface area contributed by atoms with Gasteiger partial charge in [-0.05, 0) is 38.0 Å². The Labute approximate surface area is 128 Å². The highest BCUT2D eigenvalue weighted by Crippen LogP contribution is 2.16. The Bertz CT molecular complexity index is 434. The van der Waals surface area contributed by atoms with Crippen molar-refractivity contribution < 1.29 is 4.79 Å². The highest BCUT2D eigenvalue weighted by molar-refractivity contribution is 5.76. The van der Waals surface area contributed by atoms with Gasteiger partial charge in [0.15, 0.2) is 0 Å². The predicted octanol–water partition coefficient (Wildman–Crippen LogP) is 1.90. The van der Waals surface area contributed by atoms with E-state index in [9.17, 15) is 4.79 Å². The van der Waals surface area contributed by atoms with Gasteiger partial charge in [0, 0.05) is 51.4 Å². The maximum atomic E-state index is 12.1. The average Bonchev–Trinajstić information content (AvgIpc) is 2.55. The van der Waals surface area contributed by atoms with E-state index in [4.69, 9.17) is 0 Å². The van der Waals surface area contributed by atoms with Gasteiger partial charge in [-0.3, -0.25) is 4.79 Å². The van der Waals surface area contributed by atoms with E-state index in [-0.39, 0.29) is 5.91 Å². The molecule has 1 aliphatic heterocycles. The molecule has 1 amide bonds. The number of hydrogen-bond acceptors (Lipinski definition) is 3. The van der Waals surface area contributed by atoms with Crippen molar-refractivity contribution in [3.63, 3.8) is 0 Å². The van der Waals surface area contributed by atoms with Crippen LogP contribution in [0, 0.1) is 0 Å². The Hall–Kier alpha value is -1.55. The molecule has 1 N–H and O–H groups in total. The van der Waals surface area contributed by atoms with E-state index in [1.165, 1.54) is 11.3 Å². The van der Waals surface area contributed by atoms with Gasteiger partial charge in [-0.25, -0.2) is 0 Å². The summed E-state index contributed by atoms with van der Waals surface area (Å²) in [5.74, 6) is 0.282. The monoisotopic (exact) mass is 289 g/mol. The third-order valence-electron chi connectivity index (χ3n) is 4.16. The molecule has 0 spiro atoms. The molecule has 0 saturated carbocycles. The number of hydrogen-bond donors (Lipinski definition) is 1. The molecular formula is C17H27N3O. The summed E-state index contributed by atoms with van der Waals surface area (Å²) in [7, 11) is 0. The molecule has 0 atom stereocenters. The zero-order valence-corrected chi connectivity index (χ0v) is 13.3. The largest absolute Gasteiger partial charge is 0.372 e. The normalized spacial score (nSPS) is 15.0. The summed E-state index contributed by atoms with van der Waals surface area (Å²) in [5.41, 5.74) is 2.51. The van der Waals surface area contributed by atoms with Gasteiger partial charge in [-0.15, -0.1) is 0 Å². The number of aryl methyl sites for hydroxylation is 1. The van der Waals surface area contributed by atoms with Crippen LogP contribution >= 0.6 is 0 Å². The summed E-state index contributed by atoms with van der Waals surface area (Å²) < 4.78 is 0. The van der Waals surface area contributed by atoms with Gasteiger partial charge in [-0.1, -0.05) is 12.1 Å². The fourth-order valence-electron chi connectivity index (χ4n) is 2.79. The van der Waals surface area contributed by atoms with Crippen LogP contribution in [0.15, 0.2) is 24.3 Å². The second-order valence-corrected chi connectivity index (χ2v) is 5.47. The lowest BCUT2D eigenvalue weighted by Gasteiger charge is -2.27. The Morgan fingerprint density at radius 1 is 1.14 bits per heavy atom. The van der Waals surface area contributed by atoms with E-state index in [0.717, 1.165) is 45.7 Å². The molecule has 2 rings (SSSR count). The first-order valence-corrected chi connectivity index (χ1v) is 8.07. The molecule has 1 saturated heterocycles. The lowest BCUT2D eigenvalue weighted by molar-refractivity contribution is -0.131. The van der Waals surface area contributed by atoms with Crippen LogP contribution in [0.2, 0.25) is 0 Å². The molecule has 0 aliphatic carbocycles. The molecule has 116 valence electrons. The summed E-state index contributed by atoms with van der Waals surface area (Å²) in [6, 6.07) is 8.63. The molecule has 0 aromatic heterocycles. The van der Waals surface area contributed by atoms with Crippen LogP contribution in [0.5, 0.6) is 0 Å². The van der Waals surface area contributed by atoms with Crippen molar-refractivity contribution in [2.75, 3.05) is 44.2 Å². The SMILES string of the molecule is CCN(CC)c1ccc(CCC(=O)N2CCNCC2)cc1. The van der Waals surface area contributed by atoms with Crippen molar-refractivity contribution in [1.29, 1.82) is 0 Å². The number of carbonyl (C=O) groups excluding carboxylic acids is 1. The number of rotatable bonds is 6. The number of anilines is 1. The summed E-state index contributed by atoms with van der Waals surface area (Å²) in [5, 5.41) is 3.27. The number of nitrogens with zero attached hydrogens (tertiary/aromatic N) is 2. The lowest BCUT2D eigenvalue weighted by atomic mass is 10.1. The minimum Gasteiger partial charge on any atom is -0.372 e. The van der Waals surface area contributed by atoms with Crippen molar-refractivity contribution >= 4 is 11.6 Å². The number of nitrogens with one attached hydrogen (secondary N) is 1. The van der Waals surface area contributed by atoms with Crippen LogP contribution in [0.1, 0.15) is 25.8 Å². The molecule has 0 bridgehead atoms. The van der Waals surface area contributed by atoms with Crippen LogP contribution < -0.4 is 10.2 Å². The molecule has 0 unspecified atom stereocenters. The fraction of sp³-hybridized carbons (Fsp3) is 0.588. The fourth-order valence-corrected chi connectivity index (χ4v) is 2.79. The average molecular weight is 289 g/mol. The zero-order chi connectivity index (χ0) is 15.1. The van der Waals surface area contributed by atoms with Crippen molar-refractivity contribution in [2.24, 2.45) is 0 Å². The maximum Gasteiger partial charge on any atom is 0.222 e. The van der Waals surface area contributed by atoms with Gasteiger partial charge in [-0.2, -0.15) is 0 Å². The van der Waals surface area contributed by atoms with Gasteiger partial charge in [0.2, 0.25) is 5.91 Å². The van der Waals surface area contributed by atoms with Gasteiger partial charge in [0.05, 0.1) is 0 Å². The molecule has 1 fully saturated rings. The standard InChI is InChI=1S/C17H27N3O/c1-3-19(4-2)16-8-5-15(6-9-16)7-10-17(21)20-13-11-18-12-14-20/h5-6,8-9,18H,3-4,7,10-14H2,1-2H3. The van der Waals surface area contributed by atoms with Gasteiger partial charge < -0.3 is 15.1 Å². The Morgan fingerprint density at radius 2 is 1.76 bits per heavy atom. The van der Waals surface area contributed by atoms with Crippen LogP contribution in [0.3, 0.4) is 0 Å². The van der Waals surface area contributed by atoms with E-state index in [1.54, 1.807) is 0 Å². The summed E-state index contributed by atoms with van der Waals surface area (Å²) >= 11 is 0. The van der Waals surface area contributed by atoms with Crippen LogP contribution in [-0.2, 0) is 11.2 Å². The van der Waals surface area contributed by atoms with Crippen molar-refractivity contribution in [1.82, 2.24) is 10.2 Å². The second-order valence-electron chi connectivity index (χ2n) is 5.47. The first-order valence-electron chi connectivity index (χ1n) is 8.07. The molecule has 1 aromatic carbocycles. The van der Waals surface area contributed by atoms with Gasteiger partial charge in [0.1, 0.15) is 0 Å². The van der Waals surface area contributed by atoms with E-state index >= 15 is 0 Å². The summed E-state index contributed by atoms with van der Waals surface area (Å²) in [6.45, 7) is 9.93. The summed E-state index contributed by atoms with van der Waals surface area (Å²) in [6.07, 6.45) is 1.45. The van der Waals surface area contributed by atoms with E-state index < -0.39 is 0 Å². The number of carbonyl (C=O) groups is 1. The summed E-state index contributed by atoms with van der Waals surface area (Å²) in [4.78, 5) is 16.4. The first kappa shape index (κ1) is 15.8. The third-order valence-corrected chi connectivity index (χ3v) is 4.16. The number of benzene rings is 1. The van der Waals surface area contributed by atoms with E-state index in [0.29, 0.717) is 6.42 Å². The minimum absolute atomic E-state index is 0.282. The zero-order valence-electron chi connectivity index (χ0n) is 13.3. The maximum absolute atomic E-state index is 12.1. The van der Waals surface area contributed by atoms with Crippen molar-refractivity contribution in [2.45, 2.75) is 26.7 Å². The van der Waals surface area contributed by atoms with Crippen LogP contribution in [-0.4, -0.2) is 50.1 Å². The quantitative estimate of drug-likeness (QED) is 0.869. The molecular weight excluding hydrogens is 262 g/mol. The van der Waals surface area contributed by atoms with E-state index in [2.05, 4.69) is 48.3 Å². The topological polar surface area (TPSA) is 35.6 Å². The molecule has 1 aromatic rings. The number of piperazine rings is 1. The third kappa shape index (κ3) is 4.46. The Kier molecular flexibility index (Phi) is 6.05. The molecule has 21 heavy (non-hydrogen) atoms. The van der Waals surface area contributed by atoms with Crippen LogP contribution in [0.25, 0.3) is 0 Å². The Morgan fingerprint density at radius 3 is 2.33 bits per heavy atom. The molecule has 1 heterocycles. The molecule has 4 heteroatoms. The minimum atomic E-state index is 0.282. The second kappa shape index (κ2) is 8.03. The highest BCUT2D eigenvalue weighted by atomic mass is 16.2. The van der Waals surface area contributed by atoms with Crippen molar-refractivity contribution in [3.8, 4) is 0 Å². The highest BCUT2D eigenvalue weighted by Gasteiger charge is 2.15. The number of amides is 1. The smallest absolute Gasteiger partial charge is 0.222 e. The van der Waals surface area contributed by atoms with E-state index in [1.807, 2.05) is 4.90 Å².